The molecular formula is C50H54O8. The van der Waals surface area contributed by atoms with Gasteiger partial charge in [-0.05, 0) is 152 Å². The van der Waals surface area contributed by atoms with Crippen LogP contribution in [0, 0.1) is 13.8 Å². The Morgan fingerprint density at radius 1 is 0.483 bits per heavy atom. The predicted molar refractivity (Wildman–Crippen MR) is 228 cm³/mol. The fraction of sp³-hybridized carbons (Fsp3) is 0.320. The highest BCUT2D eigenvalue weighted by Crippen LogP contribution is 2.58. The van der Waals surface area contributed by atoms with Crippen LogP contribution in [0.2, 0.25) is 0 Å². The average Bonchev–Trinajstić information content (AvgIpc) is 3.11. The van der Waals surface area contributed by atoms with Gasteiger partial charge in [0.25, 0.3) is 0 Å². The van der Waals surface area contributed by atoms with Crippen molar-refractivity contribution in [2.45, 2.75) is 106 Å². The number of phenols is 6. The number of benzene rings is 4. The Morgan fingerprint density at radius 3 is 1.17 bits per heavy atom. The van der Waals surface area contributed by atoms with Gasteiger partial charge < -0.3 is 30.6 Å². The first-order valence-corrected chi connectivity index (χ1v) is 19.9. The van der Waals surface area contributed by atoms with Gasteiger partial charge in [0.2, 0.25) is 11.6 Å². The molecule has 0 aliphatic heterocycles. The van der Waals surface area contributed by atoms with Gasteiger partial charge in [0, 0.05) is 23.0 Å². The first-order valence-electron chi connectivity index (χ1n) is 19.9. The van der Waals surface area contributed by atoms with E-state index in [1.807, 2.05) is 53.7 Å². The van der Waals surface area contributed by atoms with Crippen LogP contribution in [-0.2, 0) is 12.8 Å². The Hall–Kier alpha value is -6.02. The lowest BCUT2D eigenvalue weighted by atomic mass is 9.63. The molecule has 0 aromatic heterocycles. The third-order valence-corrected chi connectivity index (χ3v) is 11.5. The second kappa shape index (κ2) is 16.5. The van der Waals surface area contributed by atoms with E-state index in [1.54, 1.807) is 26.0 Å². The Bertz CT molecular complexity index is 2310. The Labute approximate surface area is 340 Å². The lowest BCUT2D eigenvalue weighted by Crippen LogP contribution is -2.30. The largest absolute Gasteiger partial charge is 0.508 e. The molecule has 2 atom stereocenters. The monoisotopic (exact) mass is 782 g/mol. The number of hydrogen-bond acceptors (Lipinski definition) is 8. The number of phenolic OH excluding ortho intramolecular Hbond substituents is 6. The van der Waals surface area contributed by atoms with Gasteiger partial charge in [-0.25, -0.2) is 0 Å². The van der Waals surface area contributed by atoms with Crippen LogP contribution in [0.3, 0.4) is 0 Å². The van der Waals surface area contributed by atoms with Crippen molar-refractivity contribution in [3.8, 4) is 34.5 Å². The first kappa shape index (κ1) is 41.6. The highest BCUT2D eigenvalue weighted by molar-refractivity contribution is 6.18. The van der Waals surface area contributed by atoms with Crippen LogP contribution in [0.5, 0.6) is 34.5 Å². The van der Waals surface area contributed by atoms with Gasteiger partial charge in [-0.1, -0.05) is 58.7 Å². The van der Waals surface area contributed by atoms with Crippen molar-refractivity contribution in [3.63, 3.8) is 0 Å². The molecule has 0 amide bonds. The highest BCUT2D eigenvalue weighted by atomic mass is 16.3. The molecule has 58 heavy (non-hydrogen) atoms. The van der Waals surface area contributed by atoms with E-state index in [9.17, 15) is 40.2 Å². The molecule has 0 unspecified atom stereocenters. The van der Waals surface area contributed by atoms with Gasteiger partial charge in [-0.3, -0.25) is 9.59 Å². The van der Waals surface area contributed by atoms with E-state index in [4.69, 9.17) is 0 Å². The fourth-order valence-corrected chi connectivity index (χ4v) is 8.61. The quantitative estimate of drug-likeness (QED) is 0.0821. The number of aryl methyl sites for hydroxylation is 2. The lowest BCUT2D eigenvalue weighted by molar-refractivity contribution is 0.101. The minimum absolute atomic E-state index is 0.0425. The summed E-state index contributed by atoms with van der Waals surface area (Å²) in [4.78, 5) is 29.0. The van der Waals surface area contributed by atoms with Gasteiger partial charge >= 0.3 is 0 Å². The van der Waals surface area contributed by atoms with Gasteiger partial charge in [-0.15, -0.1) is 0 Å². The molecule has 0 spiro atoms. The summed E-state index contributed by atoms with van der Waals surface area (Å²) in [5.41, 5.74) is 6.99. The summed E-state index contributed by atoms with van der Waals surface area (Å²) in [5.74, 6) is -5.11. The van der Waals surface area contributed by atoms with Gasteiger partial charge in [0.05, 0.1) is 22.3 Å². The maximum Gasteiger partial charge on any atom is 0.201 e. The second-order valence-electron chi connectivity index (χ2n) is 16.6. The van der Waals surface area contributed by atoms with Crippen molar-refractivity contribution in [2.24, 2.45) is 0 Å². The van der Waals surface area contributed by atoms with E-state index in [1.165, 1.54) is 35.4 Å². The Kier molecular flexibility index (Phi) is 11.8. The first-order chi connectivity index (χ1) is 27.4. The topological polar surface area (TPSA) is 156 Å². The van der Waals surface area contributed by atoms with Crippen LogP contribution in [0.4, 0.5) is 0 Å². The standard InChI is InChI=1S/C50H54O8/c1-25(2)11-9-13-27(5)15-17-31-37(51)23-35-41(33-19-29(7)21-39(53)43(33)49(57)45(35)47(31)55)42-34-20-30(8)22-40(54)44(34)50(58)46-36(42)24-38(52)32(48(46)56)18-16-28(6)14-10-12-26(3)4/h11-12,15-16,19-24,41-42,51-56H,9-10,13-14,17-18H2,1-8H3/b27-15+,28-16+/t41-,42-/m0/s1. The van der Waals surface area contributed by atoms with Crippen LogP contribution in [-0.4, -0.2) is 42.2 Å². The molecule has 6 N–H and O–H groups in total. The Morgan fingerprint density at radius 2 is 0.828 bits per heavy atom. The minimum atomic E-state index is -0.964. The highest BCUT2D eigenvalue weighted by Gasteiger charge is 2.47. The van der Waals surface area contributed by atoms with Crippen molar-refractivity contribution in [3.05, 3.63) is 150 Å². The van der Waals surface area contributed by atoms with Gasteiger partial charge in [0.1, 0.15) is 34.5 Å². The smallest absolute Gasteiger partial charge is 0.201 e. The molecule has 4 aromatic carbocycles. The SMILES string of the molecule is CC(C)=CCC/C(C)=C/Cc1c(O)cc2c(c1O)C(=O)c1c(O)cc(C)cc1[C@@H]2[C@H]1c2cc(C)cc(O)c2C(=O)c2c1cc(O)c(C/C=C(\C)CCC=C(C)C)c2O. The normalized spacial score (nSPS) is 16.0. The van der Waals surface area contributed by atoms with Crippen molar-refractivity contribution in [1.29, 1.82) is 0 Å². The van der Waals surface area contributed by atoms with E-state index < -0.39 is 34.9 Å². The van der Waals surface area contributed by atoms with Gasteiger partial charge in [0.15, 0.2) is 0 Å². The maximum atomic E-state index is 14.5. The second-order valence-corrected chi connectivity index (χ2v) is 16.6. The fourth-order valence-electron chi connectivity index (χ4n) is 8.61. The van der Waals surface area contributed by atoms with Crippen LogP contribution in [0.25, 0.3) is 0 Å². The lowest BCUT2D eigenvalue weighted by Gasteiger charge is -2.39. The Balaban J connectivity index is 1.59. The number of carbonyl (C=O) groups is 2. The summed E-state index contributed by atoms with van der Waals surface area (Å²) in [5, 5.41) is 70.2. The van der Waals surface area contributed by atoms with Crippen LogP contribution < -0.4 is 0 Å². The van der Waals surface area contributed by atoms with Crippen molar-refractivity contribution >= 4 is 11.6 Å². The molecule has 2 aliphatic rings. The molecule has 4 aromatic rings. The van der Waals surface area contributed by atoms with Crippen molar-refractivity contribution < 1.29 is 40.2 Å². The van der Waals surface area contributed by atoms with Crippen LogP contribution in [0.1, 0.15) is 155 Å². The van der Waals surface area contributed by atoms with Crippen molar-refractivity contribution in [1.82, 2.24) is 0 Å². The molecule has 0 bridgehead atoms. The van der Waals surface area contributed by atoms with E-state index in [0.717, 1.165) is 36.8 Å². The minimum Gasteiger partial charge on any atom is -0.508 e. The number of allylic oxidation sites excluding steroid dienone is 8. The van der Waals surface area contributed by atoms with E-state index in [-0.39, 0.29) is 80.3 Å². The van der Waals surface area contributed by atoms with Crippen molar-refractivity contribution in [2.75, 3.05) is 0 Å². The van der Waals surface area contributed by atoms with E-state index in [2.05, 4.69) is 12.2 Å². The van der Waals surface area contributed by atoms with Crippen LogP contribution >= 0.6 is 0 Å². The predicted octanol–water partition coefficient (Wildman–Crippen LogP) is 11.1. The average molecular weight is 783 g/mol. The zero-order valence-corrected chi connectivity index (χ0v) is 34.7. The molecule has 302 valence electrons. The van der Waals surface area contributed by atoms with E-state index in [0.29, 0.717) is 22.3 Å². The summed E-state index contributed by atoms with van der Waals surface area (Å²) >= 11 is 0. The van der Waals surface area contributed by atoms with Gasteiger partial charge in [-0.2, -0.15) is 0 Å². The molecule has 0 saturated heterocycles. The number of carbonyl (C=O) groups excluding carboxylic acids is 2. The summed E-state index contributed by atoms with van der Waals surface area (Å²) < 4.78 is 0. The van der Waals surface area contributed by atoms with E-state index >= 15 is 0 Å². The molecule has 0 radical (unpaired) electrons. The summed E-state index contributed by atoms with van der Waals surface area (Å²) in [6.45, 7) is 15.6. The molecule has 0 heterocycles. The maximum absolute atomic E-state index is 14.5. The molecule has 8 nitrogen and oxygen atoms in total. The number of hydrogen-bond donors (Lipinski definition) is 6. The number of fused-ring (bicyclic) bond motifs is 4. The number of ketones is 2. The summed E-state index contributed by atoms with van der Waals surface area (Å²) in [6, 6.07) is 9.37. The third-order valence-electron chi connectivity index (χ3n) is 11.5. The molecule has 2 aliphatic carbocycles. The molecular weight excluding hydrogens is 729 g/mol. The zero-order chi connectivity index (χ0) is 42.3. The number of aromatic hydroxyl groups is 6. The summed E-state index contributed by atoms with van der Waals surface area (Å²) in [7, 11) is 0. The van der Waals surface area contributed by atoms with Crippen LogP contribution in [0.15, 0.2) is 83.0 Å². The number of rotatable bonds is 11. The molecule has 0 fully saturated rings. The molecule has 6 rings (SSSR count). The molecule has 0 saturated carbocycles. The zero-order valence-electron chi connectivity index (χ0n) is 34.7. The molecule has 8 heteroatoms. The third kappa shape index (κ3) is 7.80. The summed E-state index contributed by atoms with van der Waals surface area (Å²) in [6.07, 6.45) is 11.6.